The number of halogens is 1. The number of amides is 1. The topological polar surface area (TPSA) is 54.9 Å². The van der Waals surface area contributed by atoms with Gasteiger partial charge in [0, 0.05) is 11.0 Å². The number of rotatable bonds is 3. The number of fused-ring (bicyclic) bond motifs is 1. The number of benzene rings is 2. The van der Waals surface area contributed by atoms with Crippen molar-refractivity contribution in [2.75, 3.05) is 0 Å². The summed E-state index contributed by atoms with van der Waals surface area (Å²) in [5.74, 6) is -0.226. The van der Waals surface area contributed by atoms with Crippen molar-refractivity contribution in [3.63, 3.8) is 0 Å². The Morgan fingerprint density at radius 3 is 2.52 bits per heavy atom. The second kappa shape index (κ2) is 6.01. The first kappa shape index (κ1) is 13.7. The normalized spacial score (nSPS) is 10.5. The van der Waals surface area contributed by atoms with E-state index in [0.29, 0.717) is 17.8 Å². The number of carbonyl (C=O) groups excluding carboxylic acids is 1. The number of hydrogen-bond acceptors (Lipinski definition) is 3. The van der Waals surface area contributed by atoms with Gasteiger partial charge >= 0.3 is 0 Å². The monoisotopic (exact) mass is 341 g/mol. The summed E-state index contributed by atoms with van der Waals surface area (Å²) in [6.45, 7) is 0.459. The Labute approximate surface area is 130 Å². The minimum Gasteiger partial charge on any atom is -0.347 e. The van der Waals surface area contributed by atoms with Gasteiger partial charge in [0.05, 0.1) is 17.2 Å². The van der Waals surface area contributed by atoms with Crippen LogP contribution in [0.2, 0.25) is 0 Å². The van der Waals surface area contributed by atoms with E-state index in [9.17, 15) is 4.79 Å². The summed E-state index contributed by atoms with van der Waals surface area (Å²) >= 11 is 3.38. The third-order valence-electron chi connectivity index (χ3n) is 3.05. The third kappa shape index (κ3) is 3.25. The highest BCUT2D eigenvalue weighted by atomic mass is 79.9. The lowest BCUT2D eigenvalue weighted by atomic mass is 10.2. The minimum absolute atomic E-state index is 0.226. The van der Waals surface area contributed by atoms with Crippen LogP contribution in [0.5, 0.6) is 0 Å². The average molecular weight is 342 g/mol. The van der Waals surface area contributed by atoms with Gasteiger partial charge in [0.2, 0.25) is 0 Å². The second-order valence-electron chi connectivity index (χ2n) is 4.55. The predicted molar refractivity (Wildman–Crippen MR) is 84.9 cm³/mol. The van der Waals surface area contributed by atoms with Crippen molar-refractivity contribution < 1.29 is 4.79 Å². The number of hydrogen-bond donors (Lipinski definition) is 1. The molecule has 0 aliphatic heterocycles. The first-order valence-corrected chi connectivity index (χ1v) is 7.26. The Morgan fingerprint density at radius 1 is 1.05 bits per heavy atom. The molecular weight excluding hydrogens is 330 g/mol. The molecular formula is C16H12BrN3O. The molecule has 0 atom stereocenters. The van der Waals surface area contributed by atoms with Gasteiger partial charge in [0.1, 0.15) is 5.69 Å². The van der Waals surface area contributed by atoms with Crippen molar-refractivity contribution in [1.82, 2.24) is 15.3 Å². The summed E-state index contributed by atoms with van der Waals surface area (Å²) in [6, 6.07) is 15.3. The Balaban J connectivity index is 1.73. The van der Waals surface area contributed by atoms with E-state index in [1.807, 2.05) is 48.5 Å². The molecule has 0 fully saturated rings. The molecule has 1 amide bonds. The lowest BCUT2D eigenvalue weighted by Crippen LogP contribution is -2.24. The predicted octanol–water partition coefficient (Wildman–Crippen LogP) is 3.32. The van der Waals surface area contributed by atoms with Crippen LogP contribution in [0.3, 0.4) is 0 Å². The van der Waals surface area contributed by atoms with Gasteiger partial charge in [-0.1, -0.05) is 40.2 Å². The van der Waals surface area contributed by atoms with E-state index in [1.165, 1.54) is 6.20 Å². The molecule has 0 saturated heterocycles. The molecule has 0 saturated carbocycles. The van der Waals surface area contributed by atoms with Gasteiger partial charge < -0.3 is 5.32 Å². The van der Waals surface area contributed by atoms with Crippen LogP contribution in [0.4, 0.5) is 0 Å². The smallest absolute Gasteiger partial charge is 0.271 e. The number of para-hydroxylation sites is 2. The fourth-order valence-corrected chi connectivity index (χ4v) is 2.21. The zero-order valence-corrected chi connectivity index (χ0v) is 12.7. The highest BCUT2D eigenvalue weighted by Crippen LogP contribution is 2.11. The molecule has 0 aliphatic rings. The Bertz CT molecular complexity index is 787. The average Bonchev–Trinajstić information content (AvgIpc) is 2.53. The second-order valence-corrected chi connectivity index (χ2v) is 5.47. The van der Waals surface area contributed by atoms with Gasteiger partial charge in [-0.3, -0.25) is 9.78 Å². The number of carbonyl (C=O) groups is 1. The molecule has 1 heterocycles. The van der Waals surface area contributed by atoms with Gasteiger partial charge in [-0.25, -0.2) is 4.98 Å². The van der Waals surface area contributed by atoms with Crippen LogP contribution < -0.4 is 5.32 Å². The van der Waals surface area contributed by atoms with E-state index in [2.05, 4.69) is 31.2 Å². The molecule has 21 heavy (non-hydrogen) atoms. The van der Waals surface area contributed by atoms with Crippen molar-refractivity contribution in [2.45, 2.75) is 6.54 Å². The third-order valence-corrected chi connectivity index (χ3v) is 3.58. The summed E-state index contributed by atoms with van der Waals surface area (Å²) in [5.41, 5.74) is 2.85. The van der Waals surface area contributed by atoms with E-state index >= 15 is 0 Å². The zero-order valence-electron chi connectivity index (χ0n) is 11.1. The Hall–Kier alpha value is -2.27. The molecule has 3 rings (SSSR count). The molecule has 0 bridgehead atoms. The molecule has 104 valence electrons. The van der Waals surface area contributed by atoms with Crippen molar-refractivity contribution in [3.8, 4) is 0 Å². The van der Waals surface area contributed by atoms with E-state index in [0.717, 1.165) is 15.6 Å². The maximum Gasteiger partial charge on any atom is 0.271 e. The number of aromatic nitrogens is 2. The fourth-order valence-electron chi connectivity index (χ4n) is 1.94. The van der Waals surface area contributed by atoms with Gasteiger partial charge in [-0.05, 0) is 29.8 Å². The lowest BCUT2D eigenvalue weighted by molar-refractivity contribution is 0.0946. The number of nitrogens with one attached hydrogen (secondary N) is 1. The summed E-state index contributed by atoms with van der Waals surface area (Å²) in [5, 5.41) is 2.84. The van der Waals surface area contributed by atoms with Crippen LogP contribution >= 0.6 is 15.9 Å². The molecule has 1 N–H and O–H groups in total. The first-order chi connectivity index (χ1) is 10.2. The van der Waals surface area contributed by atoms with Gasteiger partial charge in [0.25, 0.3) is 5.91 Å². The molecule has 0 spiro atoms. The zero-order chi connectivity index (χ0) is 14.7. The molecule has 0 radical (unpaired) electrons. The van der Waals surface area contributed by atoms with Gasteiger partial charge in [-0.15, -0.1) is 0 Å². The van der Waals surface area contributed by atoms with Crippen LogP contribution in [0, 0.1) is 0 Å². The lowest BCUT2D eigenvalue weighted by Gasteiger charge is -2.05. The molecule has 0 aliphatic carbocycles. The molecule has 4 nitrogen and oxygen atoms in total. The van der Waals surface area contributed by atoms with Crippen molar-refractivity contribution >= 4 is 32.9 Å². The molecule has 0 unspecified atom stereocenters. The van der Waals surface area contributed by atoms with Crippen LogP contribution in [0.25, 0.3) is 11.0 Å². The van der Waals surface area contributed by atoms with E-state index in [4.69, 9.17) is 0 Å². The standard InChI is InChI=1S/C16H12BrN3O/c17-12-7-5-11(6-8-12)9-19-16(21)15-10-18-13-3-1-2-4-14(13)20-15/h1-8,10H,9H2,(H,19,21). The van der Waals surface area contributed by atoms with Crippen molar-refractivity contribution in [1.29, 1.82) is 0 Å². The number of nitrogens with zero attached hydrogens (tertiary/aromatic N) is 2. The first-order valence-electron chi connectivity index (χ1n) is 6.47. The summed E-state index contributed by atoms with van der Waals surface area (Å²) in [4.78, 5) is 20.7. The van der Waals surface area contributed by atoms with E-state index in [-0.39, 0.29) is 5.91 Å². The van der Waals surface area contributed by atoms with Crippen LogP contribution in [-0.4, -0.2) is 15.9 Å². The summed E-state index contributed by atoms with van der Waals surface area (Å²) < 4.78 is 1.01. The van der Waals surface area contributed by atoms with Crippen molar-refractivity contribution in [3.05, 3.63) is 70.5 Å². The van der Waals surface area contributed by atoms with Crippen molar-refractivity contribution in [2.24, 2.45) is 0 Å². The maximum atomic E-state index is 12.1. The summed E-state index contributed by atoms with van der Waals surface area (Å²) in [7, 11) is 0. The highest BCUT2D eigenvalue weighted by molar-refractivity contribution is 9.10. The van der Waals surface area contributed by atoms with Crippen LogP contribution in [0.15, 0.2) is 59.2 Å². The fraction of sp³-hybridized carbons (Fsp3) is 0.0625. The largest absolute Gasteiger partial charge is 0.347 e. The van der Waals surface area contributed by atoms with E-state index in [1.54, 1.807) is 0 Å². The Kier molecular flexibility index (Phi) is 3.92. The Morgan fingerprint density at radius 2 is 1.76 bits per heavy atom. The van der Waals surface area contributed by atoms with Crippen LogP contribution in [0.1, 0.15) is 16.1 Å². The summed E-state index contributed by atoms with van der Waals surface area (Å²) in [6.07, 6.45) is 1.50. The molecule has 3 aromatic rings. The molecule has 5 heteroatoms. The van der Waals surface area contributed by atoms with Gasteiger partial charge in [0.15, 0.2) is 0 Å². The van der Waals surface area contributed by atoms with Crippen LogP contribution in [-0.2, 0) is 6.54 Å². The molecule has 2 aromatic carbocycles. The maximum absolute atomic E-state index is 12.1. The quantitative estimate of drug-likeness (QED) is 0.794. The highest BCUT2D eigenvalue weighted by Gasteiger charge is 2.08. The SMILES string of the molecule is O=C(NCc1ccc(Br)cc1)c1cnc2ccccc2n1. The minimum atomic E-state index is -0.226. The van der Waals surface area contributed by atoms with Gasteiger partial charge in [-0.2, -0.15) is 0 Å². The molecule has 1 aromatic heterocycles. The van der Waals surface area contributed by atoms with E-state index < -0.39 is 0 Å².